The molecule has 12 nitrogen and oxygen atoms in total. The molecule has 0 spiro atoms. The summed E-state index contributed by atoms with van der Waals surface area (Å²) in [5.41, 5.74) is 2.18. The lowest BCUT2D eigenvalue weighted by atomic mass is 10.0. The molecule has 0 aromatic heterocycles. The van der Waals surface area contributed by atoms with Gasteiger partial charge in [0.15, 0.2) is 0 Å². The third-order valence-electron chi connectivity index (χ3n) is 8.67. The van der Waals surface area contributed by atoms with Crippen molar-refractivity contribution in [1.29, 1.82) is 0 Å². The summed E-state index contributed by atoms with van der Waals surface area (Å²) in [5.74, 6) is 0.715. The molecule has 1 aliphatic rings. The Labute approximate surface area is 327 Å². The van der Waals surface area contributed by atoms with Crippen molar-refractivity contribution in [2.45, 2.75) is 13.0 Å². The Kier molecular flexibility index (Phi) is 11.1. The summed E-state index contributed by atoms with van der Waals surface area (Å²) in [4.78, 5) is 51.5. The fourth-order valence-electron chi connectivity index (χ4n) is 5.69. The van der Waals surface area contributed by atoms with Gasteiger partial charge in [0.1, 0.15) is 58.7 Å². The molecule has 0 bridgehead atoms. The Morgan fingerprint density at radius 3 is 1.14 bits per heavy atom. The monoisotopic (exact) mass is 766 g/mol. The average molecular weight is 767 g/mol. The van der Waals surface area contributed by atoms with Gasteiger partial charge in [0.05, 0.1) is 36.5 Å². The van der Waals surface area contributed by atoms with E-state index in [0.29, 0.717) is 45.3 Å². The Balaban J connectivity index is 1.03. The van der Waals surface area contributed by atoms with E-state index in [9.17, 15) is 19.2 Å². The van der Waals surface area contributed by atoms with E-state index in [0.717, 1.165) is 0 Å². The maximum Gasteiger partial charge on any atom is 0.343 e. The lowest BCUT2D eigenvalue weighted by molar-refractivity contribution is 0.0719. The van der Waals surface area contributed by atoms with Crippen molar-refractivity contribution < 1.29 is 57.1 Å². The highest BCUT2D eigenvalue weighted by atomic mass is 16.6. The van der Waals surface area contributed by atoms with E-state index in [4.69, 9.17) is 37.9 Å². The highest BCUT2D eigenvalue weighted by Gasteiger charge is 2.22. The maximum absolute atomic E-state index is 13.2. The van der Waals surface area contributed by atoms with Crippen LogP contribution in [0.1, 0.15) is 48.4 Å². The smallest absolute Gasteiger partial charge is 0.343 e. The first-order valence-electron chi connectivity index (χ1n) is 17.6. The van der Waals surface area contributed by atoms with Crippen molar-refractivity contribution in [2.75, 3.05) is 20.8 Å². The lowest BCUT2D eigenvalue weighted by Crippen LogP contribution is -2.23. The van der Waals surface area contributed by atoms with Gasteiger partial charge >= 0.3 is 23.9 Å². The molecular formula is C45H34O12. The summed E-state index contributed by atoms with van der Waals surface area (Å²) in [6.07, 6.45) is -0.307. The minimum Gasteiger partial charge on any atom is -0.497 e. The van der Waals surface area contributed by atoms with Crippen LogP contribution in [0.2, 0.25) is 0 Å². The van der Waals surface area contributed by atoms with Gasteiger partial charge < -0.3 is 37.9 Å². The first-order chi connectivity index (χ1) is 27.6. The number of methoxy groups -OCH3 is 2. The first-order valence-corrected chi connectivity index (χ1v) is 17.6. The number of carbonyl (C=O) groups excluding carboxylic acids is 4. The minimum absolute atomic E-state index is 0.215. The molecule has 12 heteroatoms. The van der Waals surface area contributed by atoms with E-state index >= 15 is 0 Å². The topological polar surface area (TPSA) is 142 Å². The highest BCUT2D eigenvalue weighted by Crippen LogP contribution is 2.42. The third kappa shape index (κ3) is 9.03. The Bertz CT molecular complexity index is 2420. The number of benzene rings is 6. The van der Waals surface area contributed by atoms with Crippen LogP contribution in [-0.4, -0.2) is 50.8 Å². The van der Waals surface area contributed by atoms with E-state index in [2.05, 4.69) is 0 Å². The van der Waals surface area contributed by atoms with Gasteiger partial charge in [-0.3, -0.25) is 0 Å². The standard InChI is InChI=1S/C45H34O12/c1-27-26-52-40-22-20-36(56-44(48)30-8-16-34(17-9-30)54-42(46)28-4-12-32(50-2)13-5-28)24-38(40)39-25-37(21-23-41(39)53-27)57-45(49)31-10-18-35(19-11-31)55-43(47)29-6-14-33(51-3)15-7-29/h4-25,27H,26H2,1-3H3. The van der Waals surface area contributed by atoms with Crippen molar-refractivity contribution >= 4 is 23.9 Å². The molecule has 57 heavy (non-hydrogen) atoms. The number of ether oxygens (including phenoxy) is 8. The second-order valence-electron chi connectivity index (χ2n) is 12.6. The molecule has 0 saturated heterocycles. The Morgan fingerprint density at radius 2 is 0.754 bits per heavy atom. The van der Waals surface area contributed by atoms with Crippen molar-refractivity contribution in [2.24, 2.45) is 0 Å². The van der Waals surface area contributed by atoms with Crippen LogP contribution in [0.4, 0.5) is 0 Å². The second kappa shape index (κ2) is 16.8. The van der Waals surface area contributed by atoms with E-state index in [1.807, 2.05) is 6.92 Å². The Hall–Kier alpha value is -7.60. The van der Waals surface area contributed by atoms with E-state index < -0.39 is 23.9 Å². The van der Waals surface area contributed by atoms with Crippen LogP contribution in [0.5, 0.6) is 46.0 Å². The number of hydrogen-bond donors (Lipinski definition) is 0. The summed E-state index contributed by atoms with van der Waals surface area (Å²) >= 11 is 0. The number of rotatable bonds is 10. The van der Waals surface area contributed by atoms with Crippen LogP contribution in [0.15, 0.2) is 133 Å². The number of esters is 4. The molecule has 0 amide bonds. The number of hydrogen-bond acceptors (Lipinski definition) is 12. The van der Waals surface area contributed by atoms with Gasteiger partial charge in [0.25, 0.3) is 0 Å². The van der Waals surface area contributed by atoms with Gasteiger partial charge in [-0.1, -0.05) is 0 Å². The zero-order valence-electron chi connectivity index (χ0n) is 30.9. The summed E-state index contributed by atoms with van der Waals surface area (Å²) in [6, 6.07) is 34.8. The van der Waals surface area contributed by atoms with Crippen molar-refractivity contribution in [1.82, 2.24) is 0 Å². The Morgan fingerprint density at radius 1 is 0.439 bits per heavy atom. The highest BCUT2D eigenvalue weighted by molar-refractivity contribution is 5.94. The molecule has 286 valence electrons. The average Bonchev–Trinajstić information content (AvgIpc) is 3.23. The van der Waals surface area contributed by atoms with Crippen LogP contribution in [0, 0.1) is 0 Å². The third-order valence-corrected chi connectivity index (χ3v) is 8.67. The van der Waals surface area contributed by atoms with Gasteiger partial charge in [-0.05, 0) is 140 Å². The fraction of sp³-hybridized carbons (Fsp3) is 0.111. The molecule has 1 aliphatic heterocycles. The molecule has 6 aromatic carbocycles. The molecule has 1 atom stereocenters. The molecule has 0 radical (unpaired) electrons. The fourth-order valence-corrected chi connectivity index (χ4v) is 5.69. The number of carbonyl (C=O) groups is 4. The largest absolute Gasteiger partial charge is 0.497 e. The molecule has 1 unspecified atom stereocenters. The molecule has 7 rings (SSSR count). The number of fused-ring (bicyclic) bond motifs is 3. The molecule has 1 heterocycles. The first kappa shape index (κ1) is 37.7. The second-order valence-corrected chi connectivity index (χ2v) is 12.6. The predicted octanol–water partition coefficient (Wildman–Crippen LogP) is 8.41. The van der Waals surface area contributed by atoms with Gasteiger partial charge in [0.2, 0.25) is 0 Å². The van der Waals surface area contributed by atoms with E-state index in [-0.39, 0.29) is 46.8 Å². The van der Waals surface area contributed by atoms with Crippen LogP contribution in [0.25, 0.3) is 11.1 Å². The van der Waals surface area contributed by atoms with Gasteiger partial charge in [0, 0.05) is 11.1 Å². The zero-order chi connectivity index (χ0) is 39.9. The molecule has 0 N–H and O–H groups in total. The molecule has 0 fully saturated rings. The molecule has 0 aliphatic carbocycles. The van der Waals surface area contributed by atoms with Crippen molar-refractivity contribution in [3.05, 3.63) is 156 Å². The summed E-state index contributed by atoms with van der Waals surface area (Å²) in [5, 5.41) is 0. The molecule has 6 aromatic rings. The zero-order valence-corrected chi connectivity index (χ0v) is 30.9. The SMILES string of the molecule is COc1ccc(C(=O)Oc2ccc(C(=O)Oc3ccc4c(c3)-c3cc(OC(=O)c5ccc(OC(=O)c6ccc(OC)cc6)cc5)ccc3OC(C)CO4)cc2)cc1. The van der Waals surface area contributed by atoms with E-state index in [1.54, 1.807) is 84.9 Å². The summed E-state index contributed by atoms with van der Waals surface area (Å²) in [7, 11) is 3.07. The summed E-state index contributed by atoms with van der Waals surface area (Å²) in [6.45, 7) is 2.12. The van der Waals surface area contributed by atoms with Gasteiger partial charge in [-0.2, -0.15) is 0 Å². The van der Waals surface area contributed by atoms with Crippen LogP contribution >= 0.6 is 0 Å². The summed E-state index contributed by atoms with van der Waals surface area (Å²) < 4.78 is 44.8. The van der Waals surface area contributed by atoms with Crippen molar-refractivity contribution in [3.8, 4) is 57.1 Å². The quantitative estimate of drug-likeness (QED) is 0.0976. The maximum atomic E-state index is 13.2. The predicted molar refractivity (Wildman–Crippen MR) is 206 cm³/mol. The van der Waals surface area contributed by atoms with Crippen molar-refractivity contribution in [3.63, 3.8) is 0 Å². The molecular weight excluding hydrogens is 732 g/mol. The minimum atomic E-state index is -0.649. The van der Waals surface area contributed by atoms with Gasteiger partial charge in [-0.15, -0.1) is 0 Å². The van der Waals surface area contributed by atoms with Crippen LogP contribution in [0.3, 0.4) is 0 Å². The van der Waals surface area contributed by atoms with Crippen LogP contribution in [-0.2, 0) is 0 Å². The molecule has 0 saturated carbocycles. The lowest BCUT2D eigenvalue weighted by Gasteiger charge is -2.24. The normalized spacial score (nSPS) is 12.8. The van der Waals surface area contributed by atoms with Crippen LogP contribution < -0.4 is 37.9 Å². The van der Waals surface area contributed by atoms with E-state index in [1.165, 1.54) is 62.8 Å². The van der Waals surface area contributed by atoms with Gasteiger partial charge in [-0.25, -0.2) is 19.2 Å².